The van der Waals surface area contributed by atoms with Crippen LogP contribution in [0.3, 0.4) is 0 Å². The minimum atomic E-state index is -1.83. The van der Waals surface area contributed by atoms with Crippen LogP contribution in [0.2, 0.25) is 0 Å². The first-order chi connectivity index (χ1) is 43.8. The van der Waals surface area contributed by atoms with E-state index in [1.165, 1.54) is 49.2 Å². The van der Waals surface area contributed by atoms with Crippen LogP contribution in [-0.2, 0) is 78.7 Å². The van der Waals surface area contributed by atoms with E-state index in [0.29, 0.717) is 55.6 Å². The topological polar surface area (TPSA) is 495 Å². The van der Waals surface area contributed by atoms with E-state index in [0.717, 1.165) is 19.1 Å². The number of hydrogen-bond acceptors (Lipinski definition) is 19. The SMILES string of the molecule is CCCC[C@@H]1NC(=O)[C@@H]2CCCN2C(=O)[C@@H]2CSCc3cc(cc(c3)OCCCCCCO/N=C/C(=O)N[C@@H](CCCN=C(N)N)C(=O)N2)CSC[C@@H](C(N)=O)NC(=O)[C@H](CCC(=O)O)NC(=O)CNC(=O)[C@H](C)NC(=O)[C@H](C(C)C)NC(=O)[C@H](CC(=O)O)NC1=O. The number of nitrogens with zero attached hydrogens (tertiary/aromatic N) is 3. The summed E-state index contributed by atoms with van der Waals surface area (Å²) in [6.45, 7) is 5.95. The molecule has 510 valence electrons. The molecule has 0 saturated carbocycles. The molecule has 34 heteroatoms. The second-order valence-electron chi connectivity index (χ2n) is 22.7. The highest BCUT2D eigenvalue weighted by molar-refractivity contribution is 7.98. The highest BCUT2D eigenvalue weighted by Gasteiger charge is 2.41. The lowest BCUT2D eigenvalue weighted by Gasteiger charge is -2.31. The maximum absolute atomic E-state index is 15.1. The molecule has 32 nitrogen and oxygen atoms in total. The highest BCUT2D eigenvalue weighted by Crippen LogP contribution is 2.27. The Morgan fingerprint density at radius 2 is 1.30 bits per heavy atom. The predicted octanol–water partition coefficient (Wildman–Crippen LogP) is -2.15. The summed E-state index contributed by atoms with van der Waals surface area (Å²) < 4.78 is 6.24. The van der Waals surface area contributed by atoms with E-state index in [2.05, 4.69) is 58.0 Å². The van der Waals surface area contributed by atoms with Crippen LogP contribution in [0.5, 0.6) is 5.75 Å². The molecule has 1 aromatic carbocycles. The number of carboxylic acids is 2. The van der Waals surface area contributed by atoms with Gasteiger partial charge in [0, 0.05) is 42.5 Å². The van der Waals surface area contributed by atoms with Crippen LogP contribution in [0, 0.1) is 5.92 Å². The van der Waals surface area contributed by atoms with Gasteiger partial charge in [-0.2, -0.15) is 23.5 Å². The number of unbranched alkanes of at least 4 members (excludes halogenated alkanes) is 1. The number of fused-ring (bicyclic) bond motifs is 6. The van der Waals surface area contributed by atoms with Crippen LogP contribution in [0.1, 0.15) is 129 Å². The number of aliphatic imine (C=N–C) groups is 1. The molecule has 1 fully saturated rings. The number of guanidine groups is 1. The molecule has 4 rings (SSSR count). The fourth-order valence-corrected chi connectivity index (χ4v) is 11.8. The number of carbonyl (C=O) groups excluding carboxylic acids is 11. The van der Waals surface area contributed by atoms with Gasteiger partial charge in [-0.05, 0) is 100 Å². The van der Waals surface area contributed by atoms with Gasteiger partial charge in [0.2, 0.25) is 59.1 Å². The summed E-state index contributed by atoms with van der Waals surface area (Å²) in [4.78, 5) is 187. The van der Waals surface area contributed by atoms with Crippen molar-refractivity contribution >= 4 is 113 Å². The first-order valence-corrected chi connectivity index (χ1v) is 32.9. The fourth-order valence-electron chi connectivity index (χ4n) is 9.78. The molecule has 17 N–H and O–H groups in total. The molecule has 3 heterocycles. The molecule has 11 amide bonds. The van der Waals surface area contributed by atoms with Crippen molar-refractivity contribution in [2.24, 2.45) is 33.3 Å². The normalized spacial score (nSPS) is 25.4. The van der Waals surface area contributed by atoms with E-state index < -0.39 is 163 Å². The van der Waals surface area contributed by atoms with E-state index in [1.54, 1.807) is 12.1 Å². The molecular formula is C58H89N15O17S2. The zero-order valence-corrected chi connectivity index (χ0v) is 53.9. The number of nitrogens with two attached hydrogens (primary N) is 3. The van der Waals surface area contributed by atoms with Crippen molar-refractivity contribution in [3.8, 4) is 5.75 Å². The maximum atomic E-state index is 15.1. The number of hydrogen-bond donors (Lipinski definition) is 14. The van der Waals surface area contributed by atoms with Gasteiger partial charge in [-0.15, -0.1) is 0 Å². The van der Waals surface area contributed by atoms with Gasteiger partial charge in [0.15, 0.2) is 5.96 Å². The molecular weight excluding hydrogens is 1240 g/mol. The second-order valence-corrected chi connectivity index (χ2v) is 24.7. The molecule has 92 heavy (non-hydrogen) atoms. The van der Waals surface area contributed by atoms with Gasteiger partial charge in [-0.1, -0.05) is 44.8 Å². The molecule has 9 atom stereocenters. The predicted molar refractivity (Wildman–Crippen MR) is 339 cm³/mol. The van der Waals surface area contributed by atoms with E-state index in [4.69, 9.17) is 26.8 Å². The number of aliphatic carboxylic acids is 2. The molecule has 1 aromatic rings. The molecule has 0 spiro atoms. The molecule has 0 aliphatic carbocycles. The minimum absolute atomic E-state index is 0.00158. The van der Waals surface area contributed by atoms with Crippen LogP contribution >= 0.6 is 23.5 Å². The Morgan fingerprint density at radius 1 is 0.685 bits per heavy atom. The van der Waals surface area contributed by atoms with E-state index in [-0.39, 0.29) is 74.4 Å². The van der Waals surface area contributed by atoms with E-state index in [1.807, 2.05) is 13.0 Å². The zero-order chi connectivity index (χ0) is 67.9. The lowest BCUT2D eigenvalue weighted by Crippen LogP contribution is -2.60. The van der Waals surface area contributed by atoms with Crippen LogP contribution in [0.15, 0.2) is 28.3 Å². The van der Waals surface area contributed by atoms with Crippen LogP contribution in [0.4, 0.5) is 0 Å². The Morgan fingerprint density at radius 3 is 1.96 bits per heavy atom. The quantitative estimate of drug-likeness (QED) is 0.0536. The first kappa shape index (κ1) is 76.0. The summed E-state index contributed by atoms with van der Waals surface area (Å²) in [5, 5.41) is 45.8. The number of thioether (sulfide) groups is 2. The summed E-state index contributed by atoms with van der Waals surface area (Å²) in [7, 11) is 0. The monoisotopic (exact) mass is 1330 g/mol. The number of rotatable bonds is 14. The number of carbonyl (C=O) groups is 13. The molecule has 1 saturated heterocycles. The summed E-state index contributed by atoms with van der Waals surface area (Å²) in [6, 6.07) is -7.33. The lowest BCUT2D eigenvalue weighted by atomic mass is 10.0. The summed E-state index contributed by atoms with van der Waals surface area (Å²) in [6.07, 6.45) is 3.07. The smallest absolute Gasteiger partial charge is 0.305 e. The van der Waals surface area contributed by atoms with Gasteiger partial charge in [0.05, 0.1) is 19.6 Å². The number of amides is 11. The van der Waals surface area contributed by atoms with Crippen LogP contribution < -0.4 is 69.8 Å². The maximum Gasteiger partial charge on any atom is 0.305 e. The van der Waals surface area contributed by atoms with Gasteiger partial charge < -0.3 is 89.7 Å². The van der Waals surface area contributed by atoms with Gasteiger partial charge in [0.1, 0.15) is 72.9 Å². The van der Waals surface area contributed by atoms with Crippen molar-refractivity contribution < 1.29 is 82.1 Å². The third-order valence-corrected chi connectivity index (χ3v) is 16.9. The lowest BCUT2D eigenvalue weighted by molar-refractivity contribution is -0.143. The zero-order valence-electron chi connectivity index (χ0n) is 52.3. The fraction of sp³-hybridized carbons (Fsp3) is 0.638. The molecule has 0 radical (unpaired) electrons. The summed E-state index contributed by atoms with van der Waals surface area (Å²) in [5.41, 5.74) is 18.3. The van der Waals surface area contributed by atoms with E-state index >= 15 is 4.79 Å². The van der Waals surface area contributed by atoms with Crippen molar-refractivity contribution in [2.75, 3.05) is 44.4 Å². The van der Waals surface area contributed by atoms with Crippen molar-refractivity contribution in [2.45, 2.75) is 183 Å². The van der Waals surface area contributed by atoms with Crippen LogP contribution in [-0.4, -0.2) is 203 Å². The molecule has 0 aromatic heterocycles. The van der Waals surface area contributed by atoms with E-state index in [9.17, 15) is 67.7 Å². The number of carboxylic acid groups (broad SMARTS) is 2. The third-order valence-electron chi connectivity index (χ3n) is 14.7. The number of benzene rings is 1. The van der Waals surface area contributed by atoms with Gasteiger partial charge in [-0.25, -0.2) is 0 Å². The average Bonchev–Trinajstić information content (AvgIpc) is 1.62. The third kappa shape index (κ3) is 27.2. The first-order valence-electron chi connectivity index (χ1n) is 30.6. The largest absolute Gasteiger partial charge is 0.494 e. The average molecular weight is 1330 g/mol. The number of ether oxygens (including phenoxy) is 1. The van der Waals surface area contributed by atoms with Crippen molar-refractivity contribution in [3.63, 3.8) is 0 Å². The minimum Gasteiger partial charge on any atom is -0.494 e. The van der Waals surface area contributed by atoms with Gasteiger partial charge in [0.25, 0.3) is 5.91 Å². The molecule has 4 bridgehead atoms. The highest BCUT2D eigenvalue weighted by atomic mass is 32.2. The van der Waals surface area contributed by atoms with Crippen molar-refractivity contribution in [1.29, 1.82) is 0 Å². The Balaban J connectivity index is 1.81. The van der Waals surface area contributed by atoms with Gasteiger partial charge >= 0.3 is 11.9 Å². The Labute approximate surface area is 541 Å². The number of oxime groups is 1. The molecule has 3 aliphatic rings. The Hall–Kier alpha value is -8.43. The second kappa shape index (κ2) is 39.7. The summed E-state index contributed by atoms with van der Waals surface area (Å²) >= 11 is 2.43. The number of nitrogens with one attached hydrogen (secondary N) is 9. The molecule has 3 aliphatic heterocycles. The van der Waals surface area contributed by atoms with Gasteiger partial charge in [-0.3, -0.25) is 67.3 Å². The standard InChI is InChI=1S/C58H89N15O17S2/c1-5-6-13-38-52(83)69-40(25-47(78)79)54(85)72-48(32(2)3)56(87)65-33(4)50(81)63-26-44(74)67-39(16-17-46(76)77)53(84)70-41(49(59)80)30-91-28-34-22-35-24-36(23-34)89-20-9-7-8-10-21-90-64-27-45(75)66-37(14-11-18-62-58(60)61)51(82)71-42(31-92-29-35)57(88)73-19-12-15-43(73)55(86)68-38/h22-24,27,32-33,37-43,48H,5-21,25-26,28-31H2,1-4H3,(H2,59,80)(H,63,81)(H,65,87)(H,66,75)(H,67,74)(H,68,86)(H,69,83)(H,70,84)(H,71,82)(H,72,85)(H,76,77)(H,78,79)(H4,60,61,62)/b64-27+/t33-,37-,38-,39-,40-,41-,42-,43-,48-/m0/s1. The van der Waals surface area contributed by atoms with Crippen molar-refractivity contribution in [3.05, 3.63) is 29.3 Å². The Kier molecular flexibility index (Phi) is 32.8. The Bertz CT molecular complexity index is 2830. The van der Waals surface area contributed by atoms with Crippen molar-refractivity contribution in [1.82, 2.24) is 52.8 Å². The van der Waals surface area contributed by atoms with Crippen LogP contribution in [0.25, 0.3) is 0 Å². The summed E-state index contributed by atoms with van der Waals surface area (Å²) in [5.74, 6) is -12.9. The molecule has 0 unspecified atom stereocenters. The number of primary amides is 1.